The van der Waals surface area contributed by atoms with Gasteiger partial charge in [-0.3, -0.25) is 4.98 Å². The fraction of sp³-hybridized carbons (Fsp3) is 0.545. The molecule has 0 aliphatic heterocycles. The lowest BCUT2D eigenvalue weighted by Gasteiger charge is -2.29. The van der Waals surface area contributed by atoms with Crippen LogP contribution in [0.15, 0.2) is 24.5 Å². The summed E-state index contributed by atoms with van der Waals surface area (Å²) in [5.41, 5.74) is 7.12. The van der Waals surface area contributed by atoms with E-state index in [-0.39, 0.29) is 0 Å². The molecular weight excluding hydrogens is 174 g/mol. The molecule has 1 aliphatic carbocycles. The maximum absolute atomic E-state index is 6.04. The Labute approximate surface area is 84.7 Å². The van der Waals surface area contributed by atoms with Crippen molar-refractivity contribution < 1.29 is 0 Å². The topological polar surface area (TPSA) is 50.9 Å². The van der Waals surface area contributed by atoms with Crippen molar-refractivity contribution in [2.45, 2.75) is 37.8 Å². The number of rotatable bonds is 2. The average molecular weight is 191 g/mol. The van der Waals surface area contributed by atoms with Gasteiger partial charge in [0.1, 0.15) is 0 Å². The second kappa shape index (κ2) is 4.42. The molecule has 0 radical (unpaired) electrons. The summed E-state index contributed by atoms with van der Waals surface area (Å²) in [6.07, 6.45) is 8.50. The van der Waals surface area contributed by atoms with Crippen molar-refractivity contribution in [3.8, 4) is 0 Å². The number of nitrogens with one attached hydrogen (secondary N) is 1. The summed E-state index contributed by atoms with van der Waals surface area (Å²) < 4.78 is 0. The van der Waals surface area contributed by atoms with Crippen molar-refractivity contribution >= 4 is 5.69 Å². The van der Waals surface area contributed by atoms with Crippen LogP contribution in [0.5, 0.6) is 0 Å². The Hall–Kier alpha value is -1.09. The van der Waals surface area contributed by atoms with Crippen LogP contribution in [0.1, 0.15) is 25.7 Å². The molecule has 1 aromatic rings. The van der Waals surface area contributed by atoms with E-state index in [0.29, 0.717) is 12.1 Å². The molecule has 14 heavy (non-hydrogen) atoms. The van der Waals surface area contributed by atoms with Crippen molar-refractivity contribution in [1.82, 2.24) is 4.98 Å². The molecule has 0 aromatic carbocycles. The van der Waals surface area contributed by atoms with Gasteiger partial charge in [0, 0.05) is 24.5 Å². The molecule has 0 spiro atoms. The Bertz CT molecular complexity index is 273. The SMILES string of the molecule is NC1CCCCC1Nc1cccnc1. The van der Waals surface area contributed by atoms with E-state index in [9.17, 15) is 0 Å². The van der Waals surface area contributed by atoms with Crippen LogP contribution in [0, 0.1) is 0 Å². The lowest BCUT2D eigenvalue weighted by Crippen LogP contribution is -2.42. The Morgan fingerprint density at radius 1 is 1.36 bits per heavy atom. The third-order valence-corrected chi connectivity index (χ3v) is 2.83. The van der Waals surface area contributed by atoms with Crippen molar-refractivity contribution in [3.63, 3.8) is 0 Å². The van der Waals surface area contributed by atoms with Crippen LogP contribution >= 0.6 is 0 Å². The van der Waals surface area contributed by atoms with E-state index in [1.165, 1.54) is 19.3 Å². The summed E-state index contributed by atoms with van der Waals surface area (Å²) in [5.74, 6) is 0. The van der Waals surface area contributed by atoms with E-state index in [2.05, 4.69) is 10.3 Å². The maximum atomic E-state index is 6.04. The number of aromatic nitrogens is 1. The van der Waals surface area contributed by atoms with E-state index >= 15 is 0 Å². The van der Waals surface area contributed by atoms with Crippen molar-refractivity contribution in [3.05, 3.63) is 24.5 Å². The second-order valence-electron chi connectivity index (χ2n) is 3.94. The first-order valence-electron chi connectivity index (χ1n) is 5.28. The van der Waals surface area contributed by atoms with Gasteiger partial charge in [-0.1, -0.05) is 12.8 Å². The van der Waals surface area contributed by atoms with Crippen molar-refractivity contribution in [1.29, 1.82) is 0 Å². The summed E-state index contributed by atoms with van der Waals surface area (Å²) in [4.78, 5) is 4.07. The summed E-state index contributed by atoms with van der Waals surface area (Å²) in [6.45, 7) is 0. The molecule has 2 rings (SSSR count). The lowest BCUT2D eigenvalue weighted by molar-refractivity contribution is 0.404. The average Bonchev–Trinajstić information content (AvgIpc) is 2.23. The molecule has 1 saturated carbocycles. The lowest BCUT2D eigenvalue weighted by atomic mass is 9.91. The summed E-state index contributed by atoms with van der Waals surface area (Å²) in [7, 11) is 0. The number of hydrogen-bond acceptors (Lipinski definition) is 3. The zero-order chi connectivity index (χ0) is 9.80. The Morgan fingerprint density at radius 2 is 2.21 bits per heavy atom. The molecule has 1 heterocycles. The normalized spacial score (nSPS) is 27.2. The van der Waals surface area contributed by atoms with E-state index < -0.39 is 0 Å². The predicted octanol–water partition coefficient (Wildman–Crippen LogP) is 1.76. The number of nitrogens with zero attached hydrogens (tertiary/aromatic N) is 1. The van der Waals surface area contributed by atoms with Gasteiger partial charge in [0.2, 0.25) is 0 Å². The van der Waals surface area contributed by atoms with Crippen LogP contribution in [-0.2, 0) is 0 Å². The van der Waals surface area contributed by atoms with E-state index in [0.717, 1.165) is 12.1 Å². The van der Waals surface area contributed by atoms with E-state index in [1.807, 2.05) is 18.3 Å². The molecule has 3 nitrogen and oxygen atoms in total. The van der Waals surface area contributed by atoms with Crippen molar-refractivity contribution in [2.24, 2.45) is 5.73 Å². The van der Waals surface area contributed by atoms with Gasteiger partial charge < -0.3 is 11.1 Å². The highest BCUT2D eigenvalue weighted by Gasteiger charge is 2.21. The van der Waals surface area contributed by atoms with Crippen LogP contribution in [-0.4, -0.2) is 17.1 Å². The predicted molar refractivity (Wildman–Crippen MR) is 58.1 cm³/mol. The largest absolute Gasteiger partial charge is 0.380 e. The van der Waals surface area contributed by atoms with Gasteiger partial charge in [0.25, 0.3) is 0 Å². The Kier molecular flexibility index (Phi) is 2.99. The Balaban J connectivity index is 1.96. The van der Waals surface area contributed by atoms with E-state index in [4.69, 9.17) is 5.73 Å². The van der Waals surface area contributed by atoms with E-state index in [1.54, 1.807) is 6.20 Å². The summed E-state index contributed by atoms with van der Waals surface area (Å²) >= 11 is 0. The number of pyridine rings is 1. The minimum absolute atomic E-state index is 0.295. The maximum Gasteiger partial charge on any atom is 0.0529 e. The minimum Gasteiger partial charge on any atom is -0.380 e. The van der Waals surface area contributed by atoms with Gasteiger partial charge in [0.05, 0.1) is 5.69 Å². The first-order chi connectivity index (χ1) is 6.86. The quantitative estimate of drug-likeness (QED) is 0.749. The van der Waals surface area contributed by atoms with Crippen LogP contribution < -0.4 is 11.1 Å². The third-order valence-electron chi connectivity index (χ3n) is 2.83. The van der Waals surface area contributed by atoms with Gasteiger partial charge in [-0.2, -0.15) is 0 Å². The highest BCUT2D eigenvalue weighted by atomic mass is 15.0. The zero-order valence-electron chi connectivity index (χ0n) is 8.32. The van der Waals surface area contributed by atoms with Crippen molar-refractivity contribution in [2.75, 3.05) is 5.32 Å². The summed E-state index contributed by atoms with van der Waals surface area (Å²) in [5, 5.41) is 3.44. The molecule has 1 aromatic heterocycles. The first-order valence-corrected chi connectivity index (χ1v) is 5.28. The van der Waals surface area contributed by atoms with Crippen LogP contribution in [0.4, 0.5) is 5.69 Å². The fourth-order valence-electron chi connectivity index (χ4n) is 2.00. The van der Waals surface area contributed by atoms with Gasteiger partial charge in [0.15, 0.2) is 0 Å². The molecule has 1 aliphatic rings. The zero-order valence-corrected chi connectivity index (χ0v) is 8.32. The van der Waals surface area contributed by atoms with Crippen LogP contribution in [0.2, 0.25) is 0 Å². The van der Waals surface area contributed by atoms with Crippen LogP contribution in [0.25, 0.3) is 0 Å². The highest BCUT2D eigenvalue weighted by Crippen LogP contribution is 2.20. The molecule has 2 atom stereocenters. The van der Waals surface area contributed by atoms with Crippen LogP contribution in [0.3, 0.4) is 0 Å². The molecule has 2 unspecified atom stereocenters. The van der Waals surface area contributed by atoms with Gasteiger partial charge in [-0.05, 0) is 25.0 Å². The molecular formula is C11H17N3. The fourth-order valence-corrected chi connectivity index (χ4v) is 2.00. The molecule has 3 N–H and O–H groups in total. The van der Waals surface area contributed by atoms with Gasteiger partial charge in [-0.15, -0.1) is 0 Å². The monoisotopic (exact) mass is 191 g/mol. The molecule has 76 valence electrons. The standard InChI is InChI=1S/C11H17N3/c12-10-5-1-2-6-11(10)14-9-4-3-7-13-8-9/h3-4,7-8,10-11,14H,1-2,5-6,12H2. The molecule has 1 fully saturated rings. The highest BCUT2D eigenvalue weighted by molar-refractivity contribution is 5.41. The Morgan fingerprint density at radius 3 is 2.93 bits per heavy atom. The molecule has 0 amide bonds. The number of anilines is 1. The second-order valence-corrected chi connectivity index (χ2v) is 3.94. The molecule has 3 heteroatoms. The summed E-state index contributed by atoms with van der Waals surface area (Å²) in [6, 6.07) is 4.70. The molecule has 0 bridgehead atoms. The third kappa shape index (κ3) is 2.23. The minimum atomic E-state index is 0.295. The van der Waals surface area contributed by atoms with Gasteiger partial charge in [-0.25, -0.2) is 0 Å². The molecule has 0 saturated heterocycles. The first kappa shape index (κ1) is 9.46. The van der Waals surface area contributed by atoms with Gasteiger partial charge >= 0.3 is 0 Å². The number of hydrogen-bond donors (Lipinski definition) is 2. The smallest absolute Gasteiger partial charge is 0.0529 e. The number of nitrogens with two attached hydrogens (primary N) is 1.